The van der Waals surface area contributed by atoms with E-state index in [1.807, 2.05) is 12.2 Å². The van der Waals surface area contributed by atoms with E-state index in [0.717, 1.165) is 4.90 Å². The number of benzene rings is 1. The van der Waals surface area contributed by atoms with Gasteiger partial charge in [-0.1, -0.05) is 12.2 Å². The van der Waals surface area contributed by atoms with Gasteiger partial charge in [-0.2, -0.15) is 0 Å². The maximum absolute atomic E-state index is 12.8. The molecular weight excluding hydrogens is 287 g/mol. The molecule has 1 saturated heterocycles. The molecule has 3 rings (SSSR count). The number of carbonyl (C=O) groups is 3. The Balaban J connectivity index is 1.65. The minimum absolute atomic E-state index is 0.284. The number of hydrogen-bond donors (Lipinski definition) is 1. The van der Waals surface area contributed by atoms with Crippen LogP contribution >= 0.6 is 0 Å². The van der Waals surface area contributed by atoms with E-state index in [1.165, 1.54) is 24.3 Å². The van der Waals surface area contributed by atoms with E-state index in [9.17, 15) is 18.8 Å². The Hall–Kier alpha value is -2.50. The molecule has 5 nitrogen and oxygen atoms in total. The van der Waals surface area contributed by atoms with Crippen LogP contribution in [0.3, 0.4) is 0 Å². The Labute approximate surface area is 126 Å². The number of allylic oxidation sites excluding steroid dienone is 2. The fraction of sp³-hybridized carbons (Fsp3) is 0.312. The zero-order valence-corrected chi connectivity index (χ0v) is 11.8. The van der Waals surface area contributed by atoms with Crippen LogP contribution in [0.4, 0.5) is 10.1 Å². The number of nitrogens with zero attached hydrogens (tertiary/aromatic N) is 1. The summed E-state index contributed by atoms with van der Waals surface area (Å²) in [5.74, 6) is -2.12. The van der Waals surface area contributed by atoms with Crippen molar-refractivity contribution in [1.29, 1.82) is 0 Å². The summed E-state index contributed by atoms with van der Waals surface area (Å²) in [6.07, 6.45) is 4.89. The molecule has 0 spiro atoms. The first-order valence-electron chi connectivity index (χ1n) is 7.12. The molecule has 6 heteroatoms. The van der Waals surface area contributed by atoms with Gasteiger partial charge in [-0.3, -0.25) is 19.3 Å². The summed E-state index contributed by atoms with van der Waals surface area (Å²) in [6.45, 7) is -0.304. The molecule has 1 aliphatic carbocycles. The first-order valence-corrected chi connectivity index (χ1v) is 7.12. The summed E-state index contributed by atoms with van der Waals surface area (Å²) in [6, 6.07) is 5.29. The summed E-state index contributed by atoms with van der Waals surface area (Å²) >= 11 is 0. The largest absolute Gasteiger partial charge is 0.325 e. The van der Waals surface area contributed by atoms with Gasteiger partial charge in [-0.05, 0) is 37.1 Å². The van der Waals surface area contributed by atoms with Gasteiger partial charge in [0.1, 0.15) is 12.4 Å². The Morgan fingerprint density at radius 1 is 1.09 bits per heavy atom. The normalized spacial score (nSPS) is 23.6. The SMILES string of the molecule is O=C(CN1C(=O)[C@@H]2CC=CC[C@H]2C1=O)Nc1ccc(F)cc1. The molecular formula is C16H15FN2O3. The number of nitrogens with one attached hydrogen (secondary N) is 1. The molecule has 0 saturated carbocycles. The lowest BCUT2D eigenvalue weighted by Crippen LogP contribution is -2.38. The van der Waals surface area contributed by atoms with Crippen LogP contribution in [0.25, 0.3) is 0 Å². The fourth-order valence-electron chi connectivity index (χ4n) is 2.90. The lowest BCUT2D eigenvalue weighted by molar-refractivity contribution is -0.142. The van der Waals surface area contributed by atoms with E-state index in [4.69, 9.17) is 0 Å². The van der Waals surface area contributed by atoms with Crippen LogP contribution < -0.4 is 5.32 Å². The summed E-state index contributed by atoms with van der Waals surface area (Å²) in [5.41, 5.74) is 0.421. The van der Waals surface area contributed by atoms with Gasteiger partial charge in [0.2, 0.25) is 17.7 Å². The van der Waals surface area contributed by atoms with Crippen LogP contribution in [0.5, 0.6) is 0 Å². The third-order valence-electron chi connectivity index (χ3n) is 4.03. The average molecular weight is 302 g/mol. The molecule has 1 fully saturated rings. The molecule has 0 bridgehead atoms. The zero-order chi connectivity index (χ0) is 15.7. The van der Waals surface area contributed by atoms with E-state index >= 15 is 0 Å². The van der Waals surface area contributed by atoms with Crippen LogP contribution in [0, 0.1) is 17.7 Å². The first kappa shape index (κ1) is 14.4. The molecule has 1 aromatic carbocycles. The van der Waals surface area contributed by atoms with Gasteiger partial charge in [-0.25, -0.2) is 4.39 Å². The maximum Gasteiger partial charge on any atom is 0.244 e. The van der Waals surface area contributed by atoms with E-state index in [-0.39, 0.29) is 30.2 Å². The van der Waals surface area contributed by atoms with Crippen molar-refractivity contribution < 1.29 is 18.8 Å². The molecule has 1 aliphatic heterocycles. The van der Waals surface area contributed by atoms with Gasteiger partial charge in [0.25, 0.3) is 0 Å². The van der Waals surface area contributed by atoms with Crippen LogP contribution in [0.1, 0.15) is 12.8 Å². The van der Waals surface area contributed by atoms with E-state index < -0.39 is 11.7 Å². The van der Waals surface area contributed by atoms with Crippen molar-refractivity contribution in [3.8, 4) is 0 Å². The molecule has 2 aliphatic rings. The number of halogens is 1. The van der Waals surface area contributed by atoms with Crippen molar-refractivity contribution in [2.75, 3.05) is 11.9 Å². The predicted molar refractivity (Wildman–Crippen MR) is 77.1 cm³/mol. The third kappa shape index (κ3) is 2.64. The first-order chi connectivity index (χ1) is 10.6. The molecule has 3 amide bonds. The number of rotatable bonds is 3. The second-order valence-corrected chi connectivity index (χ2v) is 5.47. The number of carbonyl (C=O) groups excluding carboxylic acids is 3. The van der Waals surface area contributed by atoms with Crippen LogP contribution in [0.15, 0.2) is 36.4 Å². The summed E-state index contributed by atoms with van der Waals surface area (Å²) in [4.78, 5) is 37.5. The Morgan fingerprint density at radius 3 is 2.18 bits per heavy atom. The number of anilines is 1. The van der Waals surface area contributed by atoms with Gasteiger partial charge >= 0.3 is 0 Å². The Morgan fingerprint density at radius 2 is 1.64 bits per heavy atom. The lowest BCUT2D eigenvalue weighted by Gasteiger charge is -2.14. The number of imide groups is 1. The molecule has 1 heterocycles. The van der Waals surface area contributed by atoms with Crippen LogP contribution in [-0.4, -0.2) is 29.2 Å². The quantitative estimate of drug-likeness (QED) is 0.683. The highest BCUT2D eigenvalue weighted by Gasteiger charge is 2.47. The fourth-order valence-corrected chi connectivity index (χ4v) is 2.90. The number of fused-ring (bicyclic) bond motifs is 1. The molecule has 2 atom stereocenters. The van der Waals surface area contributed by atoms with Crippen molar-refractivity contribution in [3.05, 3.63) is 42.2 Å². The van der Waals surface area contributed by atoms with Gasteiger partial charge in [0, 0.05) is 5.69 Å². The van der Waals surface area contributed by atoms with Gasteiger partial charge < -0.3 is 5.32 Å². The molecule has 0 radical (unpaired) electrons. The highest BCUT2D eigenvalue weighted by molar-refractivity contribution is 6.08. The topological polar surface area (TPSA) is 66.5 Å². The Bertz CT molecular complexity index is 628. The maximum atomic E-state index is 12.8. The second kappa shape index (κ2) is 5.71. The smallest absolute Gasteiger partial charge is 0.244 e. The van der Waals surface area contributed by atoms with Crippen LogP contribution in [-0.2, 0) is 14.4 Å². The standard InChI is InChI=1S/C16H15FN2O3/c17-10-5-7-11(8-6-10)18-14(20)9-19-15(21)12-3-1-2-4-13(12)16(19)22/h1-2,5-8,12-13H,3-4,9H2,(H,18,20)/t12-,13-/m1/s1. The summed E-state index contributed by atoms with van der Waals surface area (Å²) < 4.78 is 12.8. The molecule has 1 N–H and O–H groups in total. The van der Waals surface area contributed by atoms with E-state index in [1.54, 1.807) is 0 Å². The monoisotopic (exact) mass is 302 g/mol. The van der Waals surface area contributed by atoms with Crippen molar-refractivity contribution in [3.63, 3.8) is 0 Å². The summed E-state index contributed by atoms with van der Waals surface area (Å²) in [7, 11) is 0. The Kier molecular flexibility index (Phi) is 3.75. The zero-order valence-electron chi connectivity index (χ0n) is 11.8. The predicted octanol–water partition coefficient (Wildman–Crippen LogP) is 1.72. The molecule has 114 valence electrons. The van der Waals surface area contributed by atoms with Crippen molar-refractivity contribution in [1.82, 2.24) is 4.90 Å². The van der Waals surface area contributed by atoms with Crippen molar-refractivity contribution >= 4 is 23.4 Å². The van der Waals surface area contributed by atoms with Crippen LogP contribution in [0.2, 0.25) is 0 Å². The van der Waals surface area contributed by atoms with E-state index in [2.05, 4.69) is 5.32 Å². The van der Waals surface area contributed by atoms with Gasteiger partial charge in [-0.15, -0.1) is 0 Å². The highest BCUT2D eigenvalue weighted by atomic mass is 19.1. The average Bonchev–Trinajstić information content (AvgIpc) is 2.75. The highest BCUT2D eigenvalue weighted by Crippen LogP contribution is 2.34. The number of likely N-dealkylation sites (tertiary alicyclic amines) is 1. The van der Waals surface area contributed by atoms with Gasteiger partial charge in [0.05, 0.1) is 11.8 Å². The third-order valence-corrected chi connectivity index (χ3v) is 4.03. The minimum Gasteiger partial charge on any atom is -0.325 e. The lowest BCUT2D eigenvalue weighted by atomic mass is 9.85. The molecule has 22 heavy (non-hydrogen) atoms. The molecule has 0 aromatic heterocycles. The number of hydrogen-bond acceptors (Lipinski definition) is 3. The van der Waals surface area contributed by atoms with Crippen molar-refractivity contribution in [2.24, 2.45) is 11.8 Å². The van der Waals surface area contributed by atoms with Crippen molar-refractivity contribution in [2.45, 2.75) is 12.8 Å². The molecule has 1 aromatic rings. The second-order valence-electron chi connectivity index (χ2n) is 5.47. The van der Waals surface area contributed by atoms with E-state index in [0.29, 0.717) is 18.5 Å². The van der Waals surface area contributed by atoms with Gasteiger partial charge in [0.15, 0.2) is 0 Å². The molecule has 0 unspecified atom stereocenters. The minimum atomic E-state index is -0.472. The number of amides is 3. The summed E-state index contributed by atoms with van der Waals surface area (Å²) in [5, 5.41) is 2.55.